The molecule has 0 saturated heterocycles. The van der Waals surface area contributed by atoms with Gasteiger partial charge in [-0.3, -0.25) is 4.79 Å². The molecule has 4 nitrogen and oxygen atoms in total. The Morgan fingerprint density at radius 2 is 2.19 bits per heavy atom. The fourth-order valence-electron chi connectivity index (χ4n) is 1.20. The van der Waals surface area contributed by atoms with E-state index in [4.69, 9.17) is 5.53 Å². The number of benzene rings is 1. The molecule has 0 saturated carbocycles. The molecule has 16 heavy (non-hydrogen) atoms. The second-order valence-electron chi connectivity index (χ2n) is 3.11. The molecule has 1 rings (SSSR count). The van der Waals surface area contributed by atoms with E-state index in [2.05, 4.69) is 10.0 Å². The Bertz CT molecular complexity index is 442. The van der Waals surface area contributed by atoms with Crippen molar-refractivity contribution in [1.29, 1.82) is 0 Å². The minimum absolute atomic E-state index is 0.0272. The maximum absolute atomic E-state index is 13.1. The topological polar surface area (TPSA) is 65.8 Å². The zero-order valence-corrected chi connectivity index (χ0v) is 8.36. The van der Waals surface area contributed by atoms with Gasteiger partial charge in [0.25, 0.3) is 0 Å². The molecule has 0 aliphatic heterocycles. The van der Waals surface area contributed by atoms with Crippen LogP contribution in [-0.4, -0.2) is 12.3 Å². The molecule has 0 amide bonds. The average molecular weight is 225 g/mol. The van der Waals surface area contributed by atoms with E-state index in [1.54, 1.807) is 0 Å². The summed E-state index contributed by atoms with van der Waals surface area (Å²) in [5.41, 5.74) is 7.73. The van der Waals surface area contributed by atoms with Crippen LogP contribution in [0.3, 0.4) is 0 Å². The highest BCUT2D eigenvalue weighted by molar-refractivity contribution is 5.96. The molecule has 0 unspecified atom stereocenters. The first-order valence-corrected chi connectivity index (χ1v) is 4.64. The fourth-order valence-corrected chi connectivity index (χ4v) is 1.20. The summed E-state index contributed by atoms with van der Waals surface area (Å²) in [6.07, 6.45) is 0.345. The lowest BCUT2D eigenvalue weighted by molar-refractivity contribution is 0.0976. The van der Waals surface area contributed by atoms with Crippen LogP contribution in [0.4, 0.5) is 8.78 Å². The number of carbonyl (C=O) groups excluding carboxylic acids is 1. The third-order valence-electron chi connectivity index (χ3n) is 1.95. The maximum atomic E-state index is 13.1. The quantitative estimate of drug-likeness (QED) is 0.249. The number of Topliss-reactive ketones (excluding diaryl/α,β-unsaturated/α-hetero) is 1. The number of nitrogens with zero attached hydrogens (tertiary/aromatic N) is 3. The lowest BCUT2D eigenvalue weighted by Crippen LogP contribution is -2.03. The van der Waals surface area contributed by atoms with Gasteiger partial charge >= 0.3 is 0 Å². The molecular formula is C10H9F2N3O. The number of azide groups is 1. The van der Waals surface area contributed by atoms with Crippen LogP contribution in [0.15, 0.2) is 23.3 Å². The van der Waals surface area contributed by atoms with Crippen molar-refractivity contribution in [2.45, 2.75) is 12.8 Å². The van der Waals surface area contributed by atoms with Gasteiger partial charge in [0.2, 0.25) is 0 Å². The van der Waals surface area contributed by atoms with E-state index in [9.17, 15) is 13.6 Å². The second-order valence-corrected chi connectivity index (χ2v) is 3.11. The molecule has 6 heteroatoms. The van der Waals surface area contributed by atoms with Crippen molar-refractivity contribution in [2.75, 3.05) is 6.54 Å². The zero-order chi connectivity index (χ0) is 12.0. The standard InChI is InChI=1S/C10H9F2N3O/c11-7-3-4-9(12)8(6-7)10(16)2-1-5-14-15-13/h3-4,6H,1-2,5H2. The van der Waals surface area contributed by atoms with Crippen molar-refractivity contribution in [1.82, 2.24) is 0 Å². The molecule has 0 N–H and O–H groups in total. The molecule has 1 aromatic rings. The van der Waals surface area contributed by atoms with Crippen LogP contribution >= 0.6 is 0 Å². The smallest absolute Gasteiger partial charge is 0.165 e. The van der Waals surface area contributed by atoms with Crippen LogP contribution in [0.25, 0.3) is 10.4 Å². The highest BCUT2D eigenvalue weighted by Crippen LogP contribution is 2.12. The summed E-state index contributed by atoms with van der Waals surface area (Å²) in [5, 5.41) is 3.24. The molecule has 0 atom stereocenters. The monoisotopic (exact) mass is 225 g/mol. The third kappa shape index (κ3) is 3.33. The average Bonchev–Trinajstić information content (AvgIpc) is 2.27. The van der Waals surface area contributed by atoms with Crippen LogP contribution in [0.1, 0.15) is 23.2 Å². The first-order chi connectivity index (χ1) is 7.65. The van der Waals surface area contributed by atoms with Crippen LogP contribution in [0.2, 0.25) is 0 Å². The summed E-state index contributed by atoms with van der Waals surface area (Å²) in [4.78, 5) is 14.0. The van der Waals surface area contributed by atoms with Gasteiger partial charge in [0, 0.05) is 17.9 Å². The van der Waals surface area contributed by atoms with E-state index >= 15 is 0 Å². The third-order valence-corrected chi connectivity index (χ3v) is 1.95. The summed E-state index contributed by atoms with van der Waals surface area (Å²) < 4.78 is 25.9. The molecule has 0 bridgehead atoms. The lowest BCUT2D eigenvalue weighted by atomic mass is 10.1. The number of halogens is 2. The largest absolute Gasteiger partial charge is 0.294 e. The first kappa shape index (κ1) is 12.1. The van der Waals surface area contributed by atoms with Crippen molar-refractivity contribution in [2.24, 2.45) is 5.11 Å². The highest BCUT2D eigenvalue weighted by atomic mass is 19.1. The Hall–Kier alpha value is -1.94. The number of ketones is 1. The van der Waals surface area contributed by atoms with Gasteiger partial charge in [0.1, 0.15) is 11.6 Å². The van der Waals surface area contributed by atoms with Gasteiger partial charge in [0.15, 0.2) is 5.78 Å². The highest BCUT2D eigenvalue weighted by Gasteiger charge is 2.11. The molecule has 0 aromatic heterocycles. The predicted octanol–water partition coefficient (Wildman–Crippen LogP) is 3.24. The van der Waals surface area contributed by atoms with E-state index in [0.29, 0.717) is 6.42 Å². The van der Waals surface area contributed by atoms with Gasteiger partial charge < -0.3 is 0 Å². The Morgan fingerprint density at radius 3 is 2.88 bits per heavy atom. The van der Waals surface area contributed by atoms with Crippen molar-refractivity contribution in [3.8, 4) is 0 Å². The Kier molecular flexibility index (Phi) is 4.42. The van der Waals surface area contributed by atoms with Crippen LogP contribution in [-0.2, 0) is 0 Å². The van der Waals surface area contributed by atoms with E-state index in [0.717, 1.165) is 18.2 Å². The molecule has 0 aliphatic carbocycles. The lowest BCUT2D eigenvalue weighted by Gasteiger charge is -2.01. The molecule has 0 fully saturated rings. The van der Waals surface area contributed by atoms with Gasteiger partial charge in [-0.15, -0.1) is 0 Å². The molecule has 84 valence electrons. The second kappa shape index (κ2) is 5.82. The molecule has 0 spiro atoms. The number of carbonyl (C=O) groups is 1. The summed E-state index contributed by atoms with van der Waals surface area (Å²) in [7, 11) is 0. The van der Waals surface area contributed by atoms with Gasteiger partial charge in [-0.25, -0.2) is 8.78 Å². The summed E-state index contributed by atoms with van der Waals surface area (Å²) >= 11 is 0. The number of hydrogen-bond acceptors (Lipinski definition) is 2. The van der Waals surface area contributed by atoms with Crippen LogP contribution < -0.4 is 0 Å². The number of hydrogen-bond donors (Lipinski definition) is 0. The first-order valence-electron chi connectivity index (χ1n) is 4.64. The normalized spacial score (nSPS) is 9.62. The molecule has 0 heterocycles. The van der Waals surface area contributed by atoms with Crippen LogP contribution in [0.5, 0.6) is 0 Å². The van der Waals surface area contributed by atoms with Gasteiger partial charge in [-0.2, -0.15) is 0 Å². The summed E-state index contributed by atoms with van der Waals surface area (Å²) in [6, 6.07) is 2.73. The van der Waals surface area contributed by atoms with Crippen LogP contribution in [0, 0.1) is 11.6 Å². The maximum Gasteiger partial charge on any atom is 0.165 e. The van der Waals surface area contributed by atoms with Crippen molar-refractivity contribution < 1.29 is 13.6 Å². The summed E-state index contributed by atoms with van der Waals surface area (Å²) in [5.74, 6) is -1.89. The predicted molar refractivity (Wildman–Crippen MR) is 53.9 cm³/mol. The minimum Gasteiger partial charge on any atom is -0.294 e. The van der Waals surface area contributed by atoms with Crippen molar-refractivity contribution in [3.63, 3.8) is 0 Å². The number of rotatable bonds is 5. The molecule has 0 radical (unpaired) electrons. The SMILES string of the molecule is [N-]=[N+]=NCCCC(=O)c1cc(F)ccc1F. The van der Waals surface area contributed by atoms with Crippen molar-refractivity contribution in [3.05, 3.63) is 45.8 Å². The minimum atomic E-state index is -0.741. The zero-order valence-electron chi connectivity index (χ0n) is 8.36. The van der Waals surface area contributed by atoms with Gasteiger partial charge in [-0.05, 0) is 30.2 Å². The van der Waals surface area contributed by atoms with Gasteiger partial charge in [0.05, 0.1) is 5.56 Å². The van der Waals surface area contributed by atoms with E-state index in [1.807, 2.05) is 0 Å². The molecule has 0 aliphatic rings. The fraction of sp³-hybridized carbons (Fsp3) is 0.300. The molecular weight excluding hydrogens is 216 g/mol. The Morgan fingerprint density at radius 1 is 1.44 bits per heavy atom. The van der Waals surface area contributed by atoms with Gasteiger partial charge in [-0.1, -0.05) is 5.11 Å². The summed E-state index contributed by atoms with van der Waals surface area (Å²) in [6.45, 7) is 0.166. The Balaban J connectivity index is 2.65. The molecule has 1 aromatic carbocycles. The van der Waals surface area contributed by atoms with E-state index in [-0.39, 0.29) is 18.5 Å². The van der Waals surface area contributed by atoms with Crippen molar-refractivity contribution >= 4 is 5.78 Å². The Labute approximate surface area is 90.5 Å². The van der Waals surface area contributed by atoms with E-state index < -0.39 is 17.4 Å². The van der Waals surface area contributed by atoms with E-state index in [1.165, 1.54) is 0 Å².